The van der Waals surface area contributed by atoms with Crippen LogP contribution in [0.5, 0.6) is 5.75 Å². The maximum atomic E-state index is 12.2. The van der Waals surface area contributed by atoms with Crippen LogP contribution in [0.25, 0.3) is 0 Å². The van der Waals surface area contributed by atoms with Crippen LogP contribution in [0, 0.1) is 0 Å². The number of thioether (sulfide) groups is 1. The molecule has 0 aromatic heterocycles. The van der Waals surface area contributed by atoms with Gasteiger partial charge >= 0.3 is 0 Å². The summed E-state index contributed by atoms with van der Waals surface area (Å²) in [4.78, 5) is 12.2. The summed E-state index contributed by atoms with van der Waals surface area (Å²) in [5.74, 6) is 0.418. The number of nitrogen functional groups attached to an aromatic ring is 1. The van der Waals surface area contributed by atoms with Gasteiger partial charge in [0.1, 0.15) is 5.75 Å². The second-order valence-corrected chi connectivity index (χ2v) is 6.16. The lowest BCUT2D eigenvalue weighted by Gasteiger charge is -2.40. The molecule has 0 atom stereocenters. The van der Waals surface area contributed by atoms with Crippen LogP contribution in [-0.4, -0.2) is 30.6 Å². The predicted octanol–water partition coefficient (Wildman–Crippen LogP) is 2.29. The van der Waals surface area contributed by atoms with Gasteiger partial charge in [-0.05, 0) is 31.2 Å². The molecule has 1 saturated carbocycles. The Bertz CT molecular complexity index is 467. The van der Waals surface area contributed by atoms with Gasteiger partial charge in [-0.1, -0.05) is 6.42 Å². The average molecular weight is 280 g/mol. The van der Waals surface area contributed by atoms with Gasteiger partial charge in [-0.3, -0.25) is 4.79 Å². The molecular weight excluding hydrogens is 260 g/mol. The first-order valence-corrected chi connectivity index (χ1v) is 7.59. The van der Waals surface area contributed by atoms with E-state index in [0.717, 1.165) is 0 Å². The van der Waals surface area contributed by atoms with E-state index in [0.29, 0.717) is 23.5 Å². The van der Waals surface area contributed by atoms with Gasteiger partial charge in [0.25, 0.3) is 5.91 Å². The van der Waals surface area contributed by atoms with Gasteiger partial charge in [-0.25, -0.2) is 0 Å². The highest BCUT2D eigenvalue weighted by Crippen LogP contribution is 2.42. The minimum atomic E-state index is -0.0998. The third kappa shape index (κ3) is 2.97. The Hall–Kier alpha value is -1.36. The summed E-state index contributed by atoms with van der Waals surface area (Å²) in [5.41, 5.74) is 6.81. The van der Waals surface area contributed by atoms with E-state index in [1.54, 1.807) is 25.3 Å². The van der Waals surface area contributed by atoms with Crippen LogP contribution < -0.4 is 15.8 Å². The van der Waals surface area contributed by atoms with Crippen molar-refractivity contribution in [3.8, 4) is 5.75 Å². The molecule has 2 rings (SSSR count). The summed E-state index contributed by atoms with van der Waals surface area (Å²) in [6, 6.07) is 5.09. The van der Waals surface area contributed by atoms with Crippen molar-refractivity contribution in [2.45, 2.75) is 24.0 Å². The highest BCUT2D eigenvalue weighted by atomic mass is 32.2. The van der Waals surface area contributed by atoms with Crippen LogP contribution in [0.2, 0.25) is 0 Å². The van der Waals surface area contributed by atoms with Crippen molar-refractivity contribution < 1.29 is 9.53 Å². The molecular formula is C14H20N2O2S. The van der Waals surface area contributed by atoms with E-state index in [1.165, 1.54) is 19.3 Å². The van der Waals surface area contributed by atoms with Crippen LogP contribution in [0.4, 0.5) is 5.69 Å². The smallest absolute Gasteiger partial charge is 0.255 e. The molecule has 1 aromatic carbocycles. The van der Waals surface area contributed by atoms with E-state index in [1.807, 2.05) is 11.8 Å². The number of methoxy groups -OCH3 is 1. The molecule has 0 aliphatic heterocycles. The van der Waals surface area contributed by atoms with E-state index >= 15 is 0 Å². The SMILES string of the molecule is COc1cc(N)ccc1C(=O)NCC1(SC)CCC1. The third-order valence-corrected chi connectivity index (χ3v) is 5.16. The van der Waals surface area contributed by atoms with Gasteiger partial charge in [0.2, 0.25) is 0 Å². The monoisotopic (exact) mass is 280 g/mol. The van der Waals surface area contributed by atoms with Crippen LogP contribution in [0.3, 0.4) is 0 Å². The second-order valence-electron chi connectivity index (χ2n) is 4.88. The number of carbonyl (C=O) groups is 1. The fourth-order valence-electron chi connectivity index (χ4n) is 2.26. The van der Waals surface area contributed by atoms with Crippen molar-refractivity contribution in [3.05, 3.63) is 23.8 Å². The zero-order valence-electron chi connectivity index (χ0n) is 11.4. The molecule has 0 saturated heterocycles. The summed E-state index contributed by atoms with van der Waals surface area (Å²) >= 11 is 1.84. The quantitative estimate of drug-likeness (QED) is 0.812. The average Bonchev–Trinajstić information content (AvgIpc) is 2.37. The topological polar surface area (TPSA) is 64.3 Å². The molecule has 0 heterocycles. The summed E-state index contributed by atoms with van der Waals surface area (Å²) in [7, 11) is 1.54. The van der Waals surface area contributed by atoms with Crippen LogP contribution in [0.15, 0.2) is 18.2 Å². The molecule has 1 aliphatic rings. The summed E-state index contributed by atoms with van der Waals surface area (Å²) < 4.78 is 5.43. The largest absolute Gasteiger partial charge is 0.496 e. The number of ether oxygens (including phenoxy) is 1. The highest BCUT2D eigenvalue weighted by Gasteiger charge is 2.36. The maximum absolute atomic E-state index is 12.2. The van der Waals surface area contributed by atoms with Crippen molar-refractivity contribution in [2.24, 2.45) is 0 Å². The van der Waals surface area contributed by atoms with Crippen molar-refractivity contribution in [2.75, 3.05) is 25.6 Å². The predicted molar refractivity (Wildman–Crippen MR) is 79.8 cm³/mol. The van der Waals surface area contributed by atoms with Crippen molar-refractivity contribution >= 4 is 23.4 Å². The van der Waals surface area contributed by atoms with Gasteiger partial charge < -0.3 is 15.8 Å². The van der Waals surface area contributed by atoms with Crippen molar-refractivity contribution in [1.82, 2.24) is 5.32 Å². The van der Waals surface area contributed by atoms with Crippen molar-refractivity contribution in [3.63, 3.8) is 0 Å². The zero-order chi connectivity index (χ0) is 13.9. The van der Waals surface area contributed by atoms with E-state index in [2.05, 4.69) is 11.6 Å². The number of hydrogen-bond acceptors (Lipinski definition) is 4. The molecule has 0 spiro atoms. The summed E-state index contributed by atoms with van der Waals surface area (Å²) in [5, 5.41) is 3.01. The molecule has 19 heavy (non-hydrogen) atoms. The number of anilines is 1. The molecule has 0 radical (unpaired) electrons. The number of amides is 1. The Morgan fingerprint density at radius 3 is 2.79 bits per heavy atom. The molecule has 5 heteroatoms. The molecule has 4 nitrogen and oxygen atoms in total. The van der Waals surface area contributed by atoms with Gasteiger partial charge in [0.15, 0.2) is 0 Å². The Morgan fingerprint density at radius 1 is 1.53 bits per heavy atom. The van der Waals surface area contributed by atoms with Crippen LogP contribution in [-0.2, 0) is 0 Å². The Morgan fingerprint density at radius 2 is 2.26 bits per heavy atom. The molecule has 3 N–H and O–H groups in total. The Balaban J connectivity index is 2.03. The molecule has 1 fully saturated rings. The lowest BCUT2D eigenvalue weighted by molar-refractivity contribution is 0.0941. The summed E-state index contributed by atoms with van der Waals surface area (Å²) in [6.45, 7) is 0.709. The molecule has 104 valence electrons. The van der Waals surface area contributed by atoms with Crippen LogP contribution in [0.1, 0.15) is 29.6 Å². The molecule has 0 bridgehead atoms. The number of rotatable bonds is 5. The van der Waals surface area contributed by atoms with Crippen LogP contribution >= 0.6 is 11.8 Å². The first kappa shape index (κ1) is 14.1. The number of nitrogens with one attached hydrogen (secondary N) is 1. The number of carbonyl (C=O) groups excluding carboxylic acids is 1. The van der Waals surface area contributed by atoms with E-state index in [9.17, 15) is 4.79 Å². The lowest BCUT2D eigenvalue weighted by Crippen LogP contribution is -2.45. The summed E-state index contributed by atoms with van der Waals surface area (Å²) in [6.07, 6.45) is 5.71. The Labute approximate surface area is 118 Å². The number of nitrogens with two attached hydrogens (primary N) is 1. The molecule has 1 aromatic rings. The third-order valence-electron chi connectivity index (χ3n) is 3.74. The van der Waals surface area contributed by atoms with Gasteiger partial charge in [0, 0.05) is 23.0 Å². The van der Waals surface area contributed by atoms with E-state index < -0.39 is 0 Å². The standard InChI is InChI=1S/C14H20N2O2S/c1-18-12-8-10(15)4-5-11(12)13(17)16-9-14(19-2)6-3-7-14/h4-5,8H,3,6-7,9,15H2,1-2H3,(H,16,17). The fraction of sp³-hybridized carbons (Fsp3) is 0.500. The molecule has 1 amide bonds. The zero-order valence-corrected chi connectivity index (χ0v) is 12.2. The first-order chi connectivity index (χ1) is 9.10. The lowest BCUT2D eigenvalue weighted by atomic mass is 9.84. The Kier molecular flexibility index (Phi) is 4.24. The van der Waals surface area contributed by atoms with Crippen molar-refractivity contribution in [1.29, 1.82) is 0 Å². The van der Waals surface area contributed by atoms with Gasteiger partial charge in [-0.15, -0.1) is 0 Å². The minimum Gasteiger partial charge on any atom is -0.496 e. The fourth-order valence-corrected chi connectivity index (χ4v) is 3.17. The second kappa shape index (κ2) is 5.74. The number of hydrogen-bond donors (Lipinski definition) is 2. The van der Waals surface area contributed by atoms with Gasteiger partial charge in [-0.2, -0.15) is 11.8 Å². The maximum Gasteiger partial charge on any atom is 0.255 e. The molecule has 0 unspecified atom stereocenters. The van der Waals surface area contributed by atoms with E-state index in [4.69, 9.17) is 10.5 Å². The first-order valence-electron chi connectivity index (χ1n) is 6.37. The number of benzene rings is 1. The highest BCUT2D eigenvalue weighted by molar-refractivity contribution is 8.00. The van der Waals surface area contributed by atoms with Gasteiger partial charge in [0.05, 0.1) is 12.7 Å². The molecule has 1 aliphatic carbocycles. The minimum absolute atomic E-state index is 0.0998. The van der Waals surface area contributed by atoms with E-state index in [-0.39, 0.29) is 10.7 Å². The normalized spacial score (nSPS) is 16.5.